The Balaban J connectivity index is 0.00000364. The minimum atomic E-state index is -0.191. The number of benzene rings is 2. The Morgan fingerprint density at radius 3 is 2.48 bits per heavy atom. The molecule has 0 radical (unpaired) electrons. The van der Waals surface area contributed by atoms with Gasteiger partial charge >= 0.3 is 0 Å². The van der Waals surface area contributed by atoms with Gasteiger partial charge in [-0.05, 0) is 54.7 Å². The molecule has 0 aliphatic carbocycles. The fourth-order valence-electron chi connectivity index (χ4n) is 2.77. The summed E-state index contributed by atoms with van der Waals surface area (Å²) in [6.45, 7) is 6.67. The lowest BCUT2D eigenvalue weighted by Gasteiger charge is -2.13. The molecular weight excluding hydrogens is 456 g/mol. The van der Waals surface area contributed by atoms with Crippen LogP contribution in [0.4, 0.5) is 4.39 Å². The summed E-state index contributed by atoms with van der Waals surface area (Å²) in [6, 6.07) is 13.1. The van der Waals surface area contributed by atoms with Crippen LogP contribution in [0.5, 0.6) is 0 Å². The average Bonchev–Trinajstić information content (AvgIpc) is 2.63. The molecule has 2 N–H and O–H groups in total. The van der Waals surface area contributed by atoms with E-state index in [0.29, 0.717) is 13.2 Å². The number of halogens is 2. The Labute approximate surface area is 178 Å². The summed E-state index contributed by atoms with van der Waals surface area (Å²) in [5, 5.41) is 6.61. The Morgan fingerprint density at radius 2 is 1.81 bits per heavy atom. The molecule has 2 aromatic rings. The van der Waals surface area contributed by atoms with Crippen LogP contribution in [0, 0.1) is 12.7 Å². The molecule has 0 fully saturated rings. The highest BCUT2D eigenvalue weighted by Crippen LogP contribution is 2.12. The zero-order valence-corrected chi connectivity index (χ0v) is 18.5. The largest absolute Gasteiger partial charge is 0.380 e. The van der Waals surface area contributed by atoms with Crippen LogP contribution < -0.4 is 10.6 Å². The number of hydrogen-bond donors (Lipinski definition) is 2. The first-order valence-electron chi connectivity index (χ1n) is 8.97. The van der Waals surface area contributed by atoms with Gasteiger partial charge in [-0.25, -0.2) is 9.38 Å². The summed E-state index contributed by atoms with van der Waals surface area (Å²) in [5.74, 6) is 0.586. The molecule has 0 saturated heterocycles. The van der Waals surface area contributed by atoms with E-state index >= 15 is 0 Å². The molecule has 6 heteroatoms. The highest BCUT2D eigenvalue weighted by Gasteiger charge is 2.04. The maximum atomic E-state index is 13.2. The summed E-state index contributed by atoms with van der Waals surface area (Å²) >= 11 is 0. The van der Waals surface area contributed by atoms with Gasteiger partial charge in [-0.2, -0.15) is 0 Å². The molecule has 148 valence electrons. The molecule has 0 aliphatic heterocycles. The Kier molecular flexibility index (Phi) is 11.0. The van der Waals surface area contributed by atoms with E-state index in [0.717, 1.165) is 47.7 Å². The number of hydrogen-bond acceptors (Lipinski definition) is 2. The normalized spacial score (nSPS) is 11.0. The van der Waals surface area contributed by atoms with Gasteiger partial charge in [0.15, 0.2) is 5.96 Å². The summed E-state index contributed by atoms with van der Waals surface area (Å²) in [4.78, 5) is 4.67. The van der Waals surface area contributed by atoms with E-state index in [2.05, 4.69) is 27.8 Å². The van der Waals surface area contributed by atoms with Crippen LogP contribution in [0.15, 0.2) is 47.5 Å². The minimum absolute atomic E-state index is 0. The summed E-state index contributed by atoms with van der Waals surface area (Å²) in [5.41, 5.74) is 4.42. The summed E-state index contributed by atoms with van der Waals surface area (Å²) in [6.07, 6.45) is 0.816. The van der Waals surface area contributed by atoms with Crippen LogP contribution in [0.3, 0.4) is 0 Å². The molecular formula is C21H29FIN3O. The maximum Gasteiger partial charge on any atom is 0.191 e. The molecule has 0 saturated carbocycles. The van der Waals surface area contributed by atoms with Gasteiger partial charge in [0, 0.05) is 20.2 Å². The van der Waals surface area contributed by atoms with Crippen LogP contribution in [0.2, 0.25) is 0 Å². The van der Waals surface area contributed by atoms with Gasteiger partial charge in [0.2, 0.25) is 0 Å². The smallest absolute Gasteiger partial charge is 0.191 e. The first-order chi connectivity index (χ1) is 12.6. The van der Waals surface area contributed by atoms with E-state index in [4.69, 9.17) is 4.74 Å². The van der Waals surface area contributed by atoms with E-state index < -0.39 is 0 Å². The lowest BCUT2D eigenvalue weighted by atomic mass is 10.1. The van der Waals surface area contributed by atoms with Gasteiger partial charge in [-0.3, -0.25) is 0 Å². The van der Waals surface area contributed by atoms with E-state index in [1.165, 1.54) is 6.07 Å². The number of rotatable bonds is 8. The highest BCUT2D eigenvalue weighted by molar-refractivity contribution is 14.0. The fourth-order valence-corrected chi connectivity index (χ4v) is 2.77. The third-order valence-electron chi connectivity index (χ3n) is 4.16. The van der Waals surface area contributed by atoms with Gasteiger partial charge < -0.3 is 15.4 Å². The molecule has 0 spiro atoms. The molecule has 27 heavy (non-hydrogen) atoms. The Bertz CT molecular complexity index is 737. The van der Waals surface area contributed by atoms with E-state index in [1.54, 1.807) is 13.2 Å². The van der Waals surface area contributed by atoms with Crippen molar-refractivity contribution in [1.29, 1.82) is 0 Å². The van der Waals surface area contributed by atoms with Gasteiger partial charge in [0.05, 0.1) is 13.2 Å². The summed E-state index contributed by atoms with van der Waals surface area (Å²) < 4.78 is 18.4. The number of guanidine groups is 1. The van der Waals surface area contributed by atoms with Gasteiger partial charge in [-0.15, -0.1) is 24.0 Å². The number of nitrogens with one attached hydrogen (secondary N) is 2. The van der Waals surface area contributed by atoms with Crippen molar-refractivity contribution in [2.24, 2.45) is 4.99 Å². The van der Waals surface area contributed by atoms with Crippen LogP contribution in [0.25, 0.3) is 0 Å². The van der Waals surface area contributed by atoms with Crippen LogP contribution in [-0.2, 0) is 24.3 Å². The highest BCUT2D eigenvalue weighted by atomic mass is 127. The number of aliphatic imine (C=N–C) groups is 1. The molecule has 0 aromatic heterocycles. The molecule has 0 heterocycles. The van der Waals surface area contributed by atoms with Crippen molar-refractivity contribution in [2.75, 3.05) is 20.2 Å². The first-order valence-corrected chi connectivity index (χ1v) is 8.97. The van der Waals surface area contributed by atoms with Crippen LogP contribution in [-0.4, -0.2) is 26.2 Å². The number of nitrogens with zero attached hydrogens (tertiary/aromatic N) is 1. The maximum absolute atomic E-state index is 13.2. The van der Waals surface area contributed by atoms with Crippen molar-refractivity contribution in [3.8, 4) is 0 Å². The fraction of sp³-hybridized carbons (Fsp3) is 0.381. The van der Waals surface area contributed by atoms with Crippen LogP contribution in [0.1, 0.15) is 29.2 Å². The predicted molar refractivity (Wildman–Crippen MR) is 120 cm³/mol. The van der Waals surface area contributed by atoms with Crippen LogP contribution >= 0.6 is 24.0 Å². The molecule has 0 unspecified atom stereocenters. The third kappa shape index (κ3) is 7.84. The number of aryl methyl sites for hydroxylation is 1. The minimum Gasteiger partial charge on any atom is -0.380 e. The lowest BCUT2D eigenvalue weighted by Crippen LogP contribution is -2.38. The van der Waals surface area contributed by atoms with E-state index in [1.807, 2.05) is 32.0 Å². The number of ether oxygens (including phenoxy) is 1. The van der Waals surface area contributed by atoms with Gasteiger partial charge in [0.25, 0.3) is 0 Å². The SMILES string of the molecule is CCNC(=NCc1ccccc1COC)NCCc1ccc(F)cc1C.I. The molecule has 0 aliphatic rings. The van der Waals surface area contributed by atoms with Crippen molar-refractivity contribution >= 4 is 29.9 Å². The van der Waals surface area contributed by atoms with Crippen molar-refractivity contribution in [3.05, 3.63) is 70.5 Å². The van der Waals surface area contributed by atoms with Gasteiger partial charge in [-0.1, -0.05) is 30.3 Å². The van der Waals surface area contributed by atoms with Crippen molar-refractivity contribution in [3.63, 3.8) is 0 Å². The van der Waals surface area contributed by atoms with E-state index in [9.17, 15) is 4.39 Å². The quantitative estimate of drug-likeness (QED) is 0.335. The second kappa shape index (κ2) is 12.7. The lowest BCUT2D eigenvalue weighted by molar-refractivity contribution is 0.184. The molecule has 0 bridgehead atoms. The van der Waals surface area contributed by atoms with E-state index in [-0.39, 0.29) is 29.8 Å². The zero-order valence-electron chi connectivity index (χ0n) is 16.2. The second-order valence-electron chi connectivity index (χ2n) is 6.14. The van der Waals surface area contributed by atoms with Gasteiger partial charge in [0.1, 0.15) is 5.82 Å². The summed E-state index contributed by atoms with van der Waals surface area (Å²) in [7, 11) is 1.70. The Morgan fingerprint density at radius 1 is 1.07 bits per heavy atom. The van der Waals surface area contributed by atoms with Crippen molar-refractivity contribution in [1.82, 2.24) is 10.6 Å². The van der Waals surface area contributed by atoms with Crippen molar-refractivity contribution in [2.45, 2.75) is 33.4 Å². The zero-order chi connectivity index (χ0) is 18.8. The third-order valence-corrected chi connectivity index (χ3v) is 4.16. The molecule has 0 amide bonds. The molecule has 2 aromatic carbocycles. The monoisotopic (exact) mass is 485 g/mol. The average molecular weight is 485 g/mol. The molecule has 4 nitrogen and oxygen atoms in total. The topological polar surface area (TPSA) is 45.7 Å². The second-order valence-corrected chi connectivity index (χ2v) is 6.14. The van der Waals surface area contributed by atoms with Crippen molar-refractivity contribution < 1.29 is 9.13 Å². The first kappa shape index (κ1) is 23.4. The standard InChI is InChI=1S/C21H28FN3O.HI/c1-4-23-21(24-12-11-17-9-10-20(22)13-16(17)2)25-14-18-7-5-6-8-19(18)15-26-3;/h5-10,13H,4,11-12,14-15H2,1-3H3,(H2,23,24,25);1H. The molecule has 2 rings (SSSR count). The predicted octanol–water partition coefficient (Wildman–Crippen LogP) is 4.20. The molecule has 0 atom stereocenters. The number of methoxy groups -OCH3 is 1. The Hall–Kier alpha value is -1.67.